The van der Waals surface area contributed by atoms with Crippen molar-refractivity contribution in [3.63, 3.8) is 0 Å². The van der Waals surface area contributed by atoms with Gasteiger partial charge in [0.1, 0.15) is 17.2 Å². The van der Waals surface area contributed by atoms with Crippen LogP contribution in [0.5, 0.6) is 17.2 Å². The monoisotopic (exact) mass is 390 g/mol. The van der Waals surface area contributed by atoms with Crippen molar-refractivity contribution in [3.05, 3.63) is 52.5 Å². The number of aromatic hydroxyl groups is 1. The van der Waals surface area contributed by atoms with Gasteiger partial charge < -0.3 is 14.6 Å². The Kier molecular flexibility index (Phi) is 7.99. The van der Waals surface area contributed by atoms with Crippen molar-refractivity contribution in [3.8, 4) is 17.2 Å². The van der Waals surface area contributed by atoms with Gasteiger partial charge in [-0.05, 0) is 56.0 Å². The Morgan fingerprint density at radius 3 is 2.48 bits per heavy atom. The number of hydrogen-bond donors (Lipinski definition) is 1. The van der Waals surface area contributed by atoms with Gasteiger partial charge in [0.2, 0.25) is 0 Å². The van der Waals surface area contributed by atoms with Gasteiger partial charge in [0.25, 0.3) is 0 Å². The Labute approximate surface area is 166 Å². The van der Waals surface area contributed by atoms with Gasteiger partial charge >= 0.3 is 0 Å². The molecule has 0 heterocycles. The fourth-order valence-corrected chi connectivity index (χ4v) is 2.86. The van der Waals surface area contributed by atoms with Gasteiger partial charge in [-0.25, -0.2) is 0 Å². The van der Waals surface area contributed by atoms with E-state index in [0.29, 0.717) is 41.5 Å². The molecule has 2 rings (SSSR count). The highest BCUT2D eigenvalue weighted by Crippen LogP contribution is 2.32. The summed E-state index contributed by atoms with van der Waals surface area (Å²) in [5, 5.41) is 11.0. The molecule has 0 fully saturated rings. The van der Waals surface area contributed by atoms with Crippen LogP contribution in [0.3, 0.4) is 0 Å². The van der Waals surface area contributed by atoms with E-state index in [1.54, 1.807) is 25.1 Å². The molecule has 146 valence electrons. The molecule has 2 aromatic rings. The number of Topliss-reactive ketones (excluding diaryl/α,β-unsaturated/α-hetero) is 1. The molecular weight excluding hydrogens is 364 g/mol. The van der Waals surface area contributed by atoms with Crippen molar-refractivity contribution in [2.75, 3.05) is 13.2 Å². The minimum absolute atomic E-state index is 0.0161. The standard InChI is InChI=1S/C22H27ClO4/c1-15(2)13-20(24)19-9-10-21(16(3)22(19)25)27-12-5-4-11-26-18-8-6-7-17(23)14-18/h6-10,14-15,25H,4-5,11-13H2,1-3H3. The van der Waals surface area contributed by atoms with E-state index in [-0.39, 0.29) is 17.5 Å². The Morgan fingerprint density at radius 2 is 1.81 bits per heavy atom. The Balaban J connectivity index is 1.79. The van der Waals surface area contributed by atoms with E-state index in [0.717, 1.165) is 18.6 Å². The lowest BCUT2D eigenvalue weighted by molar-refractivity contribution is 0.0965. The Hall–Kier alpha value is -2.20. The molecule has 0 aliphatic carbocycles. The zero-order chi connectivity index (χ0) is 19.8. The topological polar surface area (TPSA) is 55.8 Å². The fourth-order valence-electron chi connectivity index (χ4n) is 2.68. The second-order valence-electron chi connectivity index (χ2n) is 6.97. The maximum Gasteiger partial charge on any atom is 0.166 e. The van der Waals surface area contributed by atoms with Crippen LogP contribution in [0, 0.1) is 12.8 Å². The number of carbonyl (C=O) groups excluding carboxylic acids is 1. The summed E-state index contributed by atoms with van der Waals surface area (Å²) in [6.45, 7) is 6.82. The average molecular weight is 391 g/mol. The smallest absolute Gasteiger partial charge is 0.166 e. The van der Waals surface area contributed by atoms with Crippen LogP contribution in [-0.4, -0.2) is 24.1 Å². The number of halogens is 1. The van der Waals surface area contributed by atoms with Crippen LogP contribution < -0.4 is 9.47 Å². The molecule has 0 aliphatic heterocycles. The van der Waals surface area contributed by atoms with Gasteiger partial charge in [0.05, 0.1) is 18.8 Å². The summed E-state index contributed by atoms with van der Waals surface area (Å²) in [5.74, 6) is 1.58. The lowest BCUT2D eigenvalue weighted by Gasteiger charge is -2.13. The van der Waals surface area contributed by atoms with Crippen LogP contribution in [0.4, 0.5) is 0 Å². The van der Waals surface area contributed by atoms with Gasteiger partial charge in [-0.15, -0.1) is 0 Å². The molecular formula is C22H27ClO4. The highest BCUT2D eigenvalue weighted by atomic mass is 35.5. The summed E-state index contributed by atoms with van der Waals surface area (Å²) < 4.78 is 11.4. The van der Waals surface area contributed by atoms with Crippen molar-refractivity contribution >= 4 is 17.4 Å². The molecule has 4 nitrogen and oxygen atoms in total. The predicted octanol–water partition coefficient (Wildman–Crippen LogP) is 5.82. The quantitative estimate of drug-likeness (QED) is 0.410. The number of hydrogen-bond acceptors (Lipinski definition) is 4. The molecule has 0 atom stereocenters. The average Bonchev–Trinajstić information content (AvgIpc) is 2.60. The minimum Gasteiger partial charge on any atom is -0.507 e. The number of benzene rings is 2. The molecule has 0 aliphatic rings. The highest BCUT2D eigenvalue weighted by molar-refractivity contribution is 6.30. The van der Waals surface area contributed by atoms with Crippen molar-refractivity contribution in [1.29, 1.82) is 0 Å². The third-order valence-electron chi connectivity index (χ3n) is 4.14. The maximum absolute atomic E-state index is 12.2. The molecule has 0 saturated heterocycles. The van der Waals surface area contributed by atoms with E-state index in [2.05, 4.69) is 0 Å². The van der Waals surface area contributed by atoms with Crippen LogP contribution >= 0.6 is 11.6 Å². The number of phenolic OH excluding ortho intramolecular Hbond substituents is 1. The van der Waals surface area contributed by atoms with Crippen LogP contribution in [0.25, 0.3) is 0 Å². The molecule has 0 radical (unpaired) electrons. The number of ketones is 1. The number of ether oxygens (including phenoxy) is 2. The molecule has 0 aromatic heterocycles. The summed E-state index contributed by atoms with van der Waals surface area (Å²) >= 11 is 5.92. The van der Waals surface area contributed by atoms with Crippen molar-refractivity contribution in [2.45, 2.75) is 40.0 Å². The molecule has 0 unspecified atom stereocenters. The lowest BCUT2D eigenvalue weighted by Crippen LogP contribution is -2.06. The van der Waals surface area contributed by atoms with Gasteiger partial charge in [-0.3, -0.25) is 4.79 Å². The zero-order valence-corrected chi connectivity index (χ0v) is 16.9. The number of unbranched alkanes of at least 4 members (excludes halogenated alkanes) is 1. The fraction of sp³-hybridized carbons (Fsp3) is 0.409. The second-order valence-corrected chi connectivity index (χ2v) is 7.40. The zero-order valence-electron chi connectivity index (χ0n) is 16.1. The molecule has 0 amide bonds. The van der Waals surface area contributed by atoms with Gasteiger partial charge in [0, 0.05) is 17.0 Å². The van der Waals surface area contributed by atoms with E-state index in [1.165, 1.54) is 0 Å². The van der Waals surface area contributed by atoms with Crippen LogP contribution in [0.15, 0.2) is 36.4 Å². The molecule has 5 heteroatoms. The molecule has 0 spiro atoms. The van der Waals surface area contributed by atoms with E-state index in [4.69, 9.17) is 21.1 Å². The first-order chi connectivity index (χ1) is 12.9. The largest absolute Gasteiger partial charge is 0.507 e. The summed E-state index contributed by atoms with van der Waals surface area (Å²) in [7, 11) is 0. The Morgan fingerprint density at radius 1 is 1.11 bits per heavy atom. The van der Waals surface area contributed by atoms with Crippen LogP contribution in [-0.2, 0) is 0 Å². The summed E-state index contributed by atoms with van der Waals surface area (Å²) in [6, 6.07) is 10.7. The summed E-state index contributed by atoms with van der Waals surface area (Å²) in [5.41, 5.74) is 0.961. The number of rotatable bonds is 10. The van der Waals surface area contributed by atoms with Gasteiger partial charge in [0.15, 0.2) is 5.78 Å². The maximum atomic E-state index is 12.2. The first-order valence-electron chi connectivity index (χ1n) is 9.25. The number of phenols is 1. The number of carbonyl (C=O) groups is 1. The third-order valence-corrected chi connectivity index (χ3v) is 4.37. The molecule has 0 bridgehead atoms. The SMILES string of the molecule is Cc1c(OCCCCOc2cccc(Cl)c2)ccc(C(=O)CC(C)C)c1O. The first-order valence-corrected chi connectivity index (χ1v) is 9.63. The van der Waals surface area contributed by atoms with Gasteiger partial charge in [-0.1, -0.05) is 31.5 Å². The van der Waals surface area contributed by atoms with E-state index >= 15 is 0 Å². The Bertz CT molecular complexity index is 771. The second kappa shape index (κ2) is 10.2. The summed E-state index contributed by atoms with van der Waals surface area (Å²) in [6.07, 6.45) is 2.07. The van der Waals surface area contributed by atoms with E-state index in [9.17, 15) is 9.90 Å². The minimum atomic E-state index is -0.0460. The molecule has 1 N–H and O–H groups in total. The van der Waals surface area contributed by atoms with Crippen molar-refractivity contribution < 1.29 is 19.4 Å². The van der Waals surface area contributed by atoms with Crippen LogP contribution in [0.1, 0.15) is 49.0 Å². The molecule has 0 saturated carbocycles. The first kappa shape index (κ1) is 21.1. The van der Waals surface area contributed by atoms with E-state index < -0.39 is 0 Å². The van der Waals surface area contributed by atoms with E-state index in [1.807, 2.05) is 32.0 Å². The lowest BCUT2D eigenvalue weighted by atomic mass is 9.98. The summed E-state index contributed by atoms with van der Waals surface area (Å²) in [4.78, 5) is 12.2. The molecule has 27 heavy (non-hydrogen) atoms. The highest BCUT2D eigenvalue weighted by Gasteiger charge is 2.16. The van der Waals surface area contributed by atoms with Crippen molar-refractivity contribution in [2.24, 2.45) is 5.92 Å². The van der Waals surface area contributed by atoms with Gasteiger partial charge in [-0.2, -0.15) is 0 Å². The predicted molar refractivity (Wildman–Crippen MR) is 108 cm³/mol. The normalized spacial score (nSPS) is 10.9. The molecule has 2 aromatic carbocycles. The third kappa shape index (κ3) is 6.47. The van der Waals surface area contributed by atoms with Crippen molar-refractivity contribution in [1.82, 2.24) is 0 Å². The van der Waals surface area contributed by atoms with Crippen LogP contribution in [0.2, 0.25) is 5.02 Å².